The Bertz CT molecular complexity index is 411. The van der Waals surface area contributed by atoms with Gasteiger partial charge in [0.1, 0.15) is 6.61 Å². The lowest BCUT2D eigenvalue weighted by molar-refractivity contribution is -0.00556. The first kappa shape index (κ1) is 14.7. The van der Waals surface area contributed by atoms with Crippen molar-refractivity contribution in [2.75, 3.05) is 6.61 Å². The van der Waals surface area contributed by atoms with Crippen LogP contribution in [0, 0.1) is 5.92 Å². The first-order valence-corrected chi connectivity index (χ1v) is 8.29. The molecule has 0 spiro atoms. The molecule has 0 N–H and O–H groups in total. The molecule has 0 bridgehead atoms. The van der Waals surface area contributed by atoms with E-state index in [9.17, 15) is 4.79 Å². The highest BCUT2D eigenvalue weighted by atomic mass is 32.1. The van der Waals surface area contributed by atoms with Crippen LogP contribution in [-0.2, 0) is 11.2 Å². The second-order valence-corrected chi connectivity index (χ2v) is 6.51. The number of carbonyl (C=O) groups is 1. The molecule has 1 saturated carbocycles. The van der Waals surface area contributed by atoms with Crippen molar-refractivity contribution in [3.63, 3.8) is 0 Å². The lowest BCUT2D eigenvalue weighted by Crippen LogP contribution is -2.29. The number of Topliss-reactive ketones (excluding diaryl/α,β-unsaturated/α-hetero) is 1. The summed E-state index contributed by atoms with van der Waals surface area (Å²) in [6.45, 7) is 4.59. The Balaban J connectivity index is 1.85. The van der Waals surface area contributed by atoms with E-state index in [4.69, 9.17) is 4.74 Å². The summed E-state index contributed by atoms with van der Waals surface area (Å²) in [7, 11) is 0. The van der Waals surface area contributed by atoms with Gasteiger partial charge in [0.05, 0.1) is 11.0 Å². The van der Waals surface area contributed by atoms with Gasteiger partial charge in [0, 0.05) is 4.88 Å². The van der Waals surface area contributed by atoms with E-state index in [0.717, 1.165) is 24.1 Å². The van der Waals surface area contributed by atoms with Crippen LogP contribution in [0.3, 0.4) is 0 Å². The molecule has 0 radical (unpaired) electrons. The van der Waals surface area contributed by atoms with Gasteiger partial charge < -0.3 is 4.74 Å². The first-order chi connectivity index (χ1) is 9.24. The van der Waals surface area contributed by atoms with E-state index in [1.807, 2.05) is 12.1 Å². The maximum Gasteiger partial charge on any atom is 0.198 e. The van der Waals surface area contributed by atoms with Gasteiger partial charge in [0.2, 0.25) is 0 Å². The van der Waals surface area contributed by atoms with Crippen molar-refractivity contribution < 1.29 is 9.53 Å². The van der Waals surface area contributed by atoms with Crippen LogP contribution >= 0.6 is 11.3 Å². The van der Waals surface area contributed by atoms with Crippen LogP contribution in [0.2, 0.25) is 0 Å². The molecule has 0 amide bonds. The van der Waals surface area contributed by atoms with E-state index in [2.05, 4.69) is 13.8 Å². The lowest BCUT2D eigenvalue weighted by atomic mass is 9.85. The van der Waals surface area contributed by atoms with Crippen LogP contribution < -0.4 is 0 Å². The summed E-state index contributed by atoms with van der Waals surface area (Å²) in [6, 6.07) is 3.99. The molecule has 2 rings (SSSR count). The third-order valence-corrected chi connectivity index (χ3v) is 5.35. The number of hydrogen-bond donors (Lipinski definition) is 0. The third kappa shape index (κ3) is 3.90. The second kappa shape index (κ2) is 7.20. The summed E-state index contributed by atoms with van der Waals surface area (Å²) in [6.07, 6.45) is 7.40. The van der Waals surface area contributed by atoms with Gasteiger partial charge in [-0.2, -0.15) is 0 Å². The number of aryl methyl sites for hydroxylation is 1. The SMILES string of the molecule is CCc1ccc(C(=O)COC2CCCCC2CC)s1. The van der Waals surface area contributed by atoms with Crippen LogP contribution in [0.15, 0.2) is 12.1 Å². The molecule has 106 valence electrons. The summed E-state index contributed by atoms with van der Waals surface area (Å²) >= 11 is 1.60. The molecule has 0 saturated heterocycles. The monoisotopic (exact) mass is 280 g/mol. The highest BCUT2D eigenvalue weighted by Gasteiger charge is 2.25. The topological polar surface area (TPSA) is 26.3 Å². The molecule has 19 heavy (non-hydrogen) atoms. The van der Waals surface area contributed by atoms with Crippen molar-refractivity contribution in [3.05, 3.63) is 21.9 Å². The molecule has 2 unspecified atom stereocenters. The number of rotatable bonds is 6. The predicted octanol–water partition coefficient (Wildman–Crippen LogP) is 4.48. The Hall–Kier alpha value is -0.670. The Labute approximate surface area is 120 Å². The van der Waals surface area contributed by atoms with Gasteiger partial charge in [-0.3, -0.25) is 4.79 Å². The van der Waals surface area contributed by atoms with Gasteiger partial charge in [0.25, 0.3) is 0 Å². The van der Waals surface area contributed by atoms with Gasteiger partial charge in [-0.1, -0.05) is 33.1 Å². The van der Waals surface area contributed by atoms with Crippen molar-refractivity contribution in [1.82, 2.24) is 0 Å². The highest BCUT2D eigenvalue weighted by molar-refractivity contribution is 7.14. The largest absolute Gasteiger partial charge is 0.370 e. The van der Waals surface area contributed by atoms with Crippen molar-refractivity contribution in [2.24, 2.45) is 5.92 Å². The maximum absolute atomic E-state index is 12.1. The molecule has 1 aliphatic rings. The predicted molar refractivity (Wildman–Crippen MR) is 80.0 cm³/mol. The van der Waals surface area contributed by atoms with Gasteiger partial charge in [-0.05, 0) is 37.3 Å². The van der Waals surface area contributed by atoms with E-state index in [-0.39, 0.29) is 12.4 Å². The normalized spacial score (nSPS) is 23.5. The molecule has 1 aromatic rings. The van der Waals surface area contributed by atoms with Gasteiger partial charge >= 0.3 is 0 Å². The van der Waals surface area contributed by atoms with Gasteiger partial charge in [0.15, 0.2) is 5.78 Å². The number of hydrogen-bond acceptors (Lipinski definition) is 3. The zero-order valence-electron chi connectivity index (χ0n) is 12.0. The quantitative estimate of drug-likeness (QED) is 0.718. The Morgan fingerprint density at radius 2 is 2.11 bits per heavy atom. The van der Waals surface area contributed by atoms with Crippen LogP contribution in [0.4, 0.5) is 0 Å². The molecular formula is C16H24O2S. The van der Waals surface area contributed by atoms with Crippen molar-refractivity contribution in [1.29, 1.82) is 0 Å². The standard InChI is InChI=1S/C16H24O2S/c1-3-12-7-5-6-8-15(12)18-11-14(17)16-10-9-13(4-2)19-16/h9-10,12,15H,3-8,11H2,1-2H3. The Morgan fingerprint density at radius 3 is 2.79 bits per heavy atom. The molecule has 1 aromatic heterocycles. The summed E-state index contributed by atoms with van der Waals surface area (Å²) in [5.41, 5.74) is 0. The summed E-state index contributed by atoms with van der Waals surface area (Å²) in [5.74, 6) is 0.793. The minimum absolute atomic E-state index is 0.144. The van der Waals surface area contributed by atoms with Crippen LogP contribution in [0.25, 0.3) is 0 Å². The van der Waals surface area contributed by atoms with E-state index in [1.165, 1.54) is 24.1 Å². The van der Waals surface area contributed by atoms with E-state index in [1.54, 1.807) is 11.3 Å². The average molecular weight is 280 g/mol. The Kier molecular flexibility index (Phi) is 5.59. The summed E-state index contributed by atoms with van der Waals surface area (Å²) < 4.78 is 5.90. The second-order valence-electron chi connectivity index (χ2n) is 5.34. The molecule has 1 aliphatic carbocycles. The fourth-order valence-electron chi connectivity index (χ4n) is 2.83. The zero-order chi connectivity index (χ0) is 13.7. The van der Waals surface area contributed by atoms with Crippen LogP contribution in [0.5, 0.6) is 0 Å². The fraction of sp³-hybridized carbons (Fsp3) is 0.688. The number of ketones is 1. The molecule has 2 nitrogen and oxygen atoms in total. The third-order valence-electron chi connectivity index (χ3n) is 4.08. The number of carbonyl (C=O) groups excluding carboxylic acids is 1. The van der Waals surface area contributed by atoms with Crippen LogP contribution in [0.1, 0.15) is 60.5 Å². The molecule has 1 heterocycles. The number of ether oxygens (including phenoxy) is 1. The Morgan fingerprint density at radius 1 is 1.32 bits per heavy atom. The zero-order valence-corrected chi connectivity index (χ0v) is 12.8. The van der Waals surface area contributed by atoms with Crippen LogP contribution in [-0.4, -0.2) is 18.5 Å². The summed E-state index contributed by atoms with van der Waals surface area (Å²) in [5, 5.41) is 0. The molecular weight excluding hydrogens is 256 g/mol. The molecule has 0 aliphatic heterocycles. The van der Waals surface area contributed by atoms with Crippen molar-refractivity contribution in [2.45, 2.75) is 58.5 Å². The minimum atomic E-state index is 0.144. The maximum atomic E-state index is 12.1. The number of thiophene rings is 1. The fourth-order valence-corrected chi connectivity index (χ4v) is 3.70. The van der Waals surface area contributed by atoms with E-state index < -0.39 is 0 Å². The summed E-state index contributed by atoms with van der Waals surface area (Å²) in [4.78, 5) is 14.2. The smallest absolute Gasteiger partial charge is 0.198 e. The molecule has 1 fully saturated rings. The van der Waals surface area contributed by atoms with E-state index in [0.29, 0.717) is 12.0 Å². The van der Waals surface area contributed by atoms with E-state index >= 15 is 0 Å². The first-order valence-electron chi connectivity index (χ1n) is 7.48. The van der Waals surface area contributed by atoms with Gasteiger partial charge in [-0.15, -0.1) is 11.3 Å². The molecule has 3 heteroatoms. The highest BCUT2D eigenvalue weighted by Crippen LogP contribution is 2.29. The lowest BCUT2D eigenvalue weighted by Gasteiger charge is -2.30. The minimum Gasteiger partial charge on any atom is -0.370 e. The molecule has 2 atom stereocenters. The molecule has 0 aromatic carbocycles. The van der Waals surface area contributed by atoms with Crippen molar-refractivity contribution in [3.8, 4) is 0 Å². The van der Waals surface area contributed by atoms with Gasteiger partial charge in [-0.25, -0.2) is 0 Å². The van der Waals surface area contributed by atoms with Crippen molar-refractivity contribution >= 4 is 17.1 Å². The average Bonchev–Trinajstić information content (AvgIpc) is 2.94.